The van der Waals surface area contributed by atoms with E-state index in [4.69, 9.17) is 0 Å². The molecule has 4 nitrogen and oxygen atoms in total. The molecule has 23 heavy (non-hydrogen) atoms. The van der Waals surface area contributed by atoms with Crippen molar-refractivity contribution in [1.82, 2.24) is 0 Å². The fourth-order valence-corrected chi connectivity index (χ4v) is 4.28. The van der Waals surface area contributed by atoms with E-state index in [2.05, 4.69) is 40.8 Å². The quantitative estimate of drug-likeness (QED) is 0.904. The number of anilines is 3. The molecule has 1 N–H and O–H groups in total. The summed E-state index contributed by atoms with van der Waals surface area (Å²) in [6.07, 6.45) is 1.64. The minimum atomic E-state index is -3.24. The molecule has 2 aromatic carbocycles. The molecule has 1 aliphatic heterocycles. The van der Waals surface area contributed by atoms with Crippen LogP contribution in [0.4, 0.5) is 17.1 Å². The first kappa shape index (κ1) is 15.9. The molecule has 0 radical (unpaired) electrons. The third kappa shape index (κ3) is 3.34. The van der Waals surface area contributed by atoms with Crippen molar-refractivity contribution in [2.24, 2.45) is 0 Å². The smallest absolute Gasteiger partial charge is 0.232 e. The number of nitrogens with one attached hydrogen (secondary N) is 1. The Morgan fingerprint density at radius 2 is 1.83 bits per heavy atom. The summed E-state index contributed by atoms with van der Waals surface area (Å²) in [5, 5.41) is 0. The molecule has 3 rings (SSSR count). The number of para-hydroxylation sites is 1. The molecule has 0 bridgehead atoms. The van der Waals surface area contributed by atoms with Crippen LogP contribution in [0.2, 0.25) is 0 Å². The van der Waals surface area contributed by atoms with Crippen LogP contribution in [-0.2, 0) is 16.4 Å². The van der Waals surface area contributed by atoms with Crippen molar-refractivity contribution >= 4 is 27.1 Å². The highest BCUT2D eigenvalue weighted by molar-refractivity contribution is 7.92. The molecule has 0 aliphatic carbocycles. The number of benzene rings is 2. The zero-order valence-electron chi connectivity index (χ0n) is 13.5. The van der Waals surface area contributed by atoms with Gasteiger partial charge >= 0.3 is 0 Å². The van der Waals surface area contributed by atoms with Crippen molar-refractivity contribution in [2.45, 2.75) is 32.7 Å². The van der Waals surface area contributed by atoms with E-state index < -0.39 is 10.0 Å². The molecule has 122 valence electrons. The van der Waals surface area contributed by atoms with Gasteiger partial charge in [-0.3, -0.25) is 4.72 Å². The Balaban J connectivity index is 1.83. The van der Waals surface area contributed by atoms with Gasteiger partial charge in [-0.2, -0.15) is 0 Å². The van der Waals surface area contributed by atoms with Gasteiger partial charge in [0.2, 0.25) is 10.0 Å². The molecule has 1 atom stereocenters. The lowest BCUT2D eigenvalue weighted by atomic mass is 10.1. The number of sulfonamides is 1. The van der Waals surface area contributed by atoms with Gasteiger partial charge in [0.1, 0.15) is 0 Å². The Bertz CT molecular complexity index is 785. The maximum atomic E-state index is 11.8. The number of rotatable bonds is 5. The van der Waals surface area contributed by atoms with Crippen LogP contribution in [-0.4, -0.2) is 20.2 Å². The molecule has 0 spiro atoms. The first-order valence-corrected chi connectivity index (χ1v) is 9.63. The lowest BCUT2D eigenvalue weighted by Crippen LogP contribution is -2.23. The largest absolute Gasteiger partial charge is 0.338 e. The third-order valence-electron chi connectivity index (χ3n) is 4.10. The lowest BCUT2D eigenvalue weighted by molar-refractivity contribution is 0.600. The predicted octanol–water partition coefficient (Wildman–Crippen LogP) is 3.92. The molecule has 0 saturated carbocycles. The van der Waals surface area contributed by atoms with Crippen LogP contribution >= 0.6 is 0 Å². The van der Waals surface area contributed by atoms with Crippen LogP contribution in [0.1, 0.15) is 25.8 Å². The molecule has 0 fully saturated rings. The van der Waals surface area contributed by atoms with E-state index in [0.717, 1.165) is 12.1 Å². The minimum absolute atomic E-state index is 0.144. The van der Waals surface area contributed by atoms with Gasteiger partial charge in [0.25, 0.3) is 0 Å². The van der Waals surface area contributed by atoms with Gasteiger partial charge < -0.3 is 4.90 Å². The van der Waals surface area contributed by atoms with E-state index in [1.54, 1.807) is 0 Å². The molecule has 1 aliphatic rings. The van der Waals surface area contributed by atoms with Gasteiger partial charge in [0.05, 0.1) is 5.75 Å². The first-order valence-electron chi connectivity index (χ1n) is 7.98. The number of hydrogen-bond donors (Lipinski definition) is 1. The second-order valence-electron chi connectivity index (χ2n) is 6.02. The van der Waals surface area contributed by atoms with E-state index in [1.165, 1.54) is 11.3 Å². The van der Waals surface area contributed by atoms with Crippen molar-refractivity contribution < 1.29 is 8.42 Å². The van der Waals surface area contributed by atoms with Crippen molar-refractivity contribution in [3.05, 3.63) is 54.1 Å². The molecule has 5 heteroatoms. The summed E-state index contributed by atoms with van der Waals surface area (Å²) >= 11 is 0. The summed E-state index contributed by atoms with van der Waals surface area (Å²) in [7, 11) is -3.24. The molecule has 2 aromatic rings. The minimum Gasteiger partial charge on any atom is -0.338 e. The van der Waals surface area contributed by atoms with E-state index in [0.29, 0.717) is 18.2 Å². The molecule has 0 amide bonds. The molecular weight excluding hydrogens is 308 g/mol. The second-order valence-corrected chi connectivity index (χ2v) is 7.86. The number of fused-ring (bicyclic) bond motifs is 1. The van der Waals surface area contributed by atoms with Crippen LogP contribution in [0.3, 0.4) is 0 Å². The van der Waals surface area contributed by atoms with Crippen LogP contribution in [0.25, 0.3) is 0 Å². The summed E-state index contributed by atoms with van der Waals surface area (Å²) in [4.78, 5) is 2.31. The van der Waals surface area contributed by atoms with Gasteiger partial charge in [0.15, 0.2) is 0 Å². The van der Waals surface area contributed by atoms with Gasteiger partial charge in [-0.1, -0.05) is 25.1 Å². The van der Waals surface area contributed by atoms with E-state index in [1.807, 2.05) is 31.2 Å². The first-order chi connectivity index (χ1) is 11.0. The molecule has 0 saturated heterocycles. The average molecular weight is 330 g/mol. The lowest BCUT2D eigenvalue weighted by Gasteiger charge is -2.25. The molecule has 1 heterocycles. The van der Waals surface area contributed by atoms with E-state index >= 15 is 0 Å². The molecule has 1 unspecified atom stereocenters. The fourth-order valence-electron chi connectivity index (χ4n) is 3.15. The Morgan fingerprint density at radius 1 is 1.13 bits per heavy atom. The third-order valence-corrected chi connectivity index (χ3v) is 5.59. The predicted molar refractivity (Wildman–Crippen MR) is 95.9 cm³/mol. The van der Waals surface area contributed by atoms with Crippen LogP contribution in [0, 0.1) is 0 Å². The van der Waals surface area contributed by atoms with Gasteiger partial charge in [0, 0.05) is 23.1 Å². The van der Waals surface area contributed by atoms with Gasteiger partial charge in [-0.05, 0) is 55.7 Å². The highest BCUT2D eigenvalue weighted by Crippen LogP contribution is 2.38. The fraction of sp³-hybridized carbons (Fsp3) is 0.333. The second kappa shape index (κ2) is 6.24. The SMILES string of the molecule is CCCS(=O)(=O)Nc1ccc(N2c3ccccc3CC2C)cc1. The molecule has 0 aromatic heterocycles. The summed E-state index contributed by atoms with van der Waals surface area (Å²) in [5.74, 6) is 0.144. The maximum Gasteiger partial charge on any atom is 0.232 e. The van der Waals surface area contributed by atoms with E-state index in [-0.39, 0.29) is 5.75 Å². The maximum absolute atomic E-state index is 11.8. The summed E-state index contributed by atoms with van der Waals surface area (Å²) in [6, 6.07) is 16.4. The van der Waals surface area contributed by atoms with Crippen molar-refractivity contribution in [2.75, 3.05) is 15.4 Å². The van der Waals surface area contributed by atoms with Crippen LogP contribution in [0.15, 0.2) is 48.5 Å². The normalized spacial score (nSPS) is 17.1. The number of hydrogen-bond acceptors (Lipinski definition) is 3. The standard InChI is InChI=1S/C18H22N2O2S/c1-3-12-23(21,22)19-16-8-10-17(11-9-16)20-14(2)13-15-6-4-5-7-18(15)20/h4-11,14,19H,3,12-13H2,1-2H3. The average Bonchev–Trinajstić information content (AvgIpc) is 2.83. The summed E-state index contributed by atoms with van der Waals surface area (Å²) in [6.45, 7) is 4.06. The Morgan fingerprint density at radius 3 is 2.52 bits per heavy atom. The highest BCUT2D eigenvalue weighted by atomic mass is 32.2. The topological polar surface area (TPSA) is 49.4 Å². The summed E-state index contributed by atoms with van der Waals surface area (Å²) in [5.41, 5.74) is 4.29. The van der Waals surface area contributed by atoms with Crippen molar-refractivity contribution in [3.8, 4) is 0 Å². The zero-order valence-corrected chi connectivity index (χ0v) is 14.3. The van der Waals surface area contributed by atoms with Crippen LogP contribution < -0.4 is 9.62 Å². The van der Waals surface area contributed by atoms with E-state index in [9.17, 15) is 8.42 Å². The monoisotopic (exact) mass is 330 g/mol. The Labute approximate surface area is 138 Å². The zero-order chi connectivity index (χ0) is 16.4. The van der Waals surface area contributed by atoms with Crippen molar-refractivity contribution in [3.63, 3.8) is 0 Å². The Kier molecular flexibility index (Phi) is 4.31. The number of nitrogens with zero attached hydrogens (tertiary/aromatic N) is 1. The van der Waals surface area contributed by atoms with Gasteiger partial charge in [-0.25, -0.2) is 8.42 Å². The Hall–Kier alpha value is -2.01. The highest BCUT2D eigenvalue weighted by Gasteiger charge is 2.26. The van der Waals surface area contributed by atoms with Gasteiger partial charge in [-0.15, -0.1) is 0 Å². The summed E-state index contributed by atoms with van der Waals surface area (Å²) < 4.78 is 26.3. The van der Waals surface area contributed by atoms with Crippen LogP contribution in [0.5, 0.6) is 0 Å². The van der Waals surface area contributed by atoms with Crippen molar-refractivity contribution in [1.29, 1.82) is 0 Å². The molecular formula is C18H22N2O2S.